The number of aromatic nitrogens is 4. The van der Waals surface area contributed by atoms with Gasteiger partial charge < -0.3 is 13.9 Å². The Hall–Kier alpha value is -8.89. The van der Waals surface area contributed by atoms with Crippen LogP contribution in [0.4, 0.5) is 0 Å². The molecule has 3 aromatic heterocycles. The minimum absolute atomic E-state index is 0. The van der Waals surface area contributed by atoms with Crippen molar-refractivity contribution in [1.29, 1.82) is 0 Å². The van der Waals surface area contributed by atoms with Gasteiger partial charge in [0.05, 0.1) is 23.6 Å². The van der Waals surface area contributed by atoms with E-state index in [0.29, 0.717) is 50.6 Å². The predicted molar refractivity (Wildman–Crippen MR) is 352 cm³/mol. The number of nitrogens with zero attached hydrogens (tertiary/aromatic N) is 4. The van der Waals surface area contributed by atoms with Crippen molar-refractivity contribution >= 4 is 32.8 Å². The third kappa shape index (κ3) is 9.71. The quantitative estimate of drug-likeness (QED) is 0.118. The fourth-order valence-electron chi connectivity index (χ4n) is 12.2. The van der Waals surface area contributed by atoms with Gasteiger partial charge in [0.15, 0.2) is 0 Å². The molecule has 6 heteroatoms. The number of hydrogen-bond acceptors (Lipinski definition) is 2. The van der Waals surface area contributed by atoms with Gasteiger partial charge in [-0.3, -0.25) is 4.57 Å². The second-order valence-corrected chi connectivity index (χ2v) is 25.3. The molecule has 1 aliphatic heterocycles. The van der Waals surface area contributed by atoms with Gasteiger partial charge in [0.1, 0.15) is 5.82 Å². The topological polar surface area (TPSA) is 35.9 Å². The molecule has 0 amide bonds. The molecule has 13 aromatic rings. The number of hydrogen-bond donors (Lipinski definition) is 0. The second-order valence-electron chi connectivity index (χ2n) is 25.3. The van der Waals surface area contributed by atoms with Crippen LogP contribution in [0, 0.1) is 32.2 Å². The first-order valence-corrected chi connectivity index (χ1v) is 28.8. The molecule has 0 spiro atoms. The van der Waals surface area contributed by atoms with E-state index in [1.54, 1.807) is 18.2 Å². The molecule has 86 heavy (non-hydrogen) atoms. The number of fused-ring (bicyclic) bond motifs is 10. The molecule has 0 saturated heterocycles. The van der Waals surface area contributed by atoms with Gasteiger partial charge in [-0.1, -0.05) is 219 Å². The van der Waals surface area contributed by atoms with E-state index in [9.17, 15) is 2.74 Å². The number of aryl methyl sites for hydroxylation is 2. The minimum Gasteiger partial charge on any atom is -0.510 e. The summed E-state index contributed by atoms with van der Waals surface area (Å²) in [5.41, 5.74) is 12.0. The molecule has 0 saturated carbocycles. The van der Waals surface area contributed by atoms with E-state index in [1.807, 2.05) is 106 Å². The fourth-order valence-corrected chi connectivity index (χ4v) is 12.2. The van der Waals surface area contributed by atoms with Gasteiger partial charge in [0.2, 0.25) is 0 Å². The van der Waals surface area contributed by atoms with Gasteiger partial charge in [-0.25, -0.2) is 4.98 Å². The van der Waals surface area contributed by atoms with Crippen LogP contribution in [-0.4, -0.2) is 14.1 Å². The van der Waals surface area contributed by atoms with Crippen molar-refractivity contribution in [2.45, 2.75) is 92.3 Å². The summed E-state index contributed by atoms with van der Waals surface area (Å²) < 4.78 is 113. The molecule has 10 aromatic carbocycles. The Labute approximate surface area is 536 Å². The van der Waals surface area contributed by atoms with E-state index in [2.05, 4.69) is 134 Å². The number of ether oxygens (including phenoxy) is 1. The summed E-state index contributed by atoms with van der Waals surface area (Å²) in [6.07, 6.45) is 5.65. The summed E-state index contributed by atoms with van der Waals surface area (Å²) >= 11 is 0. The smallest absolute Gasteiger partial charge is 0.268 e. The summed E-state index contributed by atoms with van der Waals surface area (Å²) in [6, 6.07) is 60.9. The van der Waals surface area contributed by atoms with Crippen molar-refractivity contribution in [3.05, 3.63) is 259 Å². The van der Waals surface area contributed by atoms with Crippen molar-refractivity contribution in [1.82, 2.24) is 14.1 Å². The van der Waals surface area contributed by atoms with Crippen LogP contribution in [0.25, 0.3) is 117 Å². The van der Waals surface area contributed by atoms with Crippen LogP contribution >= 0.6 is 0 Å². The van der Waals surface area contributed by atoms with Gasteiger partial charge in [0, 0.05) is 52.5 Å². The number of pyridine rings is 1. The van der Waals surface area contributed by atoms with Crippen LogP contribution in [0.2, 0.25) is 0 Å². The molecule has 426 valence electrons. The summed E-state index contributed by atoms with van der Waals surface area (Å²) in [5.74, 6) is 1.52. The number of para-hydroxylation sites is 2. The second kappa shape index (κ2) is 21.3. The van der Waals surface area contributed by atoms with Crippen LogP contribution < -0.4 is 9.30 Å². The molecule has 14 rings (SSSR count). The maximum atomic E-state index is 9.53. The Morgan fingerprint density at radius 1 is 0.488 bits per heavy atom. The molecule has 0 aliphatic carbocycles. The van der Waals surface area contributed by atoms with Crippen LogP contribution in [0.5, 0.6) is 11.5 Å². The minimum atomic E-state index is -2.83. The summed E-state index contributed by atoms with van der Waals surface area (Å²) in [6.45, 7) is 14.1. The number of imidazole rings is 1. The molecule has 0 bridgehead atoms. The Morgan fingerprint density at radius 2 is 1.09 bits per heavy atom. The first-order valence-electron chi connectivity index (χ1n) is 34.3. The summed E-state index contributed by atoms with van der Waals surface area (Å²) in [7, 11) is 0. The first-order chi connectivity index (χ1) is 45.4. The zero-order chi connectivity index (χ0) is 68.0. The molecule has 5 nitrogen and oxygen atoms in total. The molecule has 0 N–H and O–H groups in total. The Morgan fingerprint density at radius 3 is 1.80 bits per heavy atom. The molecule has 0 atom stereocenters. The number of benzene rings is 10. The van der Waals surface area contributed by atoms with Crippen LogP contribution in [-0.2, 0) is 37.3 Å². The normalized spacial score (nSPS) is 14.4. The van der Waals surface area contributed by atoms with E-state index >= 15 is 0 Å². The van der Waals surface area contributed by atoms with E-state index in [1.165, 1.54) is 18.2 Å². The average molecular weight is 1310 g/mol. The molecule has 4 heterocycles. The fraction of sp³-hybridized carbons (Fsp3) is 0.175. The van der Waals surface area contributed by atoms with Crippen LogP contribution in [0.15, 0.2) is 212 Å². The Balaban J connectivity index is 0.00000849. The van der Waals surface area contributed by atoms with Gasteiger partial charge in [0.25, 0.3) is 6.33 Å². The maximum absolute atomic E-state index is 9.53. The van der Waals surface area contributed by atoms with Crippen molar-refractivity contribution in [2.75, 3.05) is 0 Å². The average Bonchev–Trinajstić information content (AvgIpc) is 1.62. The predicted octanol–water partition coefficient (Wildman–Crippen LogP) is 20.4. The SMILES string of the molecule is [2H]c1c([2H])c([2H])c(-c2cccc3c2-c2cccc(-c4c(C([2H])([2H])[2H])cccc4C([2H])([2H])[2H])c2-[n+]2[c-]n(-c4[c-]c(Oc5[c-]c6c(cc5)c5ccccc5n6-c5cc(C(C)(C)C)ccn5)ccc4)c4cc(-c5cc(C(C)(C)C)cc(C(C)(C)C)c5)cc(c42)-c2ccccc2-3)c([2H])c1[2H].[Pt]. The van der Waals surface area contributed by atoms with Gasteiger partial charge in [-0.2, -0.15) is 18.2 Å². The van der Waals surface area contributed by atoms with Gasteiger partial charge in [-0.05, 0) is 160 Å². The third-order valence-corrected chi connectivity index (χ3v) is 16.6. The van der Waals surface area contributed by atoms with Gasteiger partial charge in [-0.15, -0.1) is 29.7 Å². The van der Waals surface area contributed by atoms with E-state index < -0.39 is 43.9 Å². The van der Waals surface area contributed by atoms with E-state index in [4.69, 9.17) is 22.1 Å². The first kappa shape index (κ1) is 44.6. The van der Waals surface area contributed by atoms with Crippen LogP contribution in [0.1, 0.15) is 105 Å². The van der Waals surface area contributed by atoms with Crippen molar-refractivity contribution in [3.63, 3.8) is 0 Å². The molecular weight excluding hydrogens is 1230 g/mol. The zero-order valence-corrected chi connectivity index (χ0v) is 51.6. The standard InChI is InChI=1S/C80H68N4O.Pt/c1-50-23-19-24-51(2)74(50)67-34-22-35-68-75-61(52-25-13-12-14-26-52)32-21-33-66(75)62-29-15-16-30-63(62)69-43-54(53-41-56(79(6,7)8)45-57(42-53)80(9,10)11)44-72-77(69)83(76(67)68)49-82(72)58-27-20-28-59(47-58)85-60-37-38-65-64-31-17-18-36-70(64)84(71(65)48-60)73-46-55(39-40-81-73)78(3,4)5;/h12-46H,1-11H3;/q-2;/i1D3,2D3,12D,13D,14D,25D,26D;. The Kier molecular flexibility index (Phi) is 11.0. The molecule has 0 unspecified atom stereocenters. The van der Waals surface area contributed by atoms with Crippen molar-refractivity contribution in [3.8, 4) is 95.5 Å². The van der Waals surface area contributed by atoms with Gasteiger partial charge >= 0.3 is 0 Å². The molecule has 1 aliphatic rings. The Bertz CT molecular complexity index is 5300. The largest absolute Gasteiger partial charge is 0.510 e. The maximum Gasteiger partial charge on any atom is 0.268 e. The molecule has 0 radical (unpaired) electrons. The summed E-state index contributed by atoms with van der Waals surface area (Å²) in [5, 5.41) is 2.00. The zero-order valence-electron chi connectivity index (χ0n) is 60.3. The van der Waals surface area contributed by atoms with Crippen molar-refractivity contribution in [2.24, 2.45) is 0 Å². The van der Waals surface area contributed by atoms with E-state index in [0.717, 1.165) is 72.1 Å². The van der Waals surface area contributed by atoms with Crippen LogP contribution in [0.3, 0.4) is 0 Å². The molecular formula is C80H68N4OPt-2. The molecule has 0 fully saturated rings. The van der Waals surface area contributed by atoms with E-state index in [-0.39, 0.29) is 70.7 Å². The third-order valence-electron chi connectivity index (χ3n) is 16.6. The monoisotopic (exact) mass is 1310 g/mol. The number of rotatable bonds is 7. The van der Waals surface area contributed by atoms with Crippen molar-refractivity contribution < 1.29 is 45.4 Å². The summed E-state index contributed by atoms with van der Waals surface area (Å²) in [4.78, 5) is 4.90.